The molecule has 0 aromatic carbocycles. The van der Waals surface area contributed by atoms with Gasteiger partial charge in [0, 0.05) is 0 Å². The second-order valence-electron chi connectivity index (χ2n) is 11.3. The molecule has 8 fully saturated rings. The smallest absolute Gasteiger partial charge is 0.0326 e. The van der Waals surface area contributed by atoms with Gasteiger partial charge in [-0.05, 0) is 142 Å². The van der Waals surface area contributed by atoms with Crippen LogP contribution in [0.15, 0.2) is 0 Å². The third-order valence-corrected chi connectivity index (χ3v) is 10.4. The fourth-order valence-corrected chi connectivity index (χ4v) is 10.6. The average Bonchev–Trinajstić information content (AvgIpc) is 2.52. The van der Waals surface area contributed by atoms with Gasteiger partial charge < -0.3 is 0 Å². The normalized spacial score (nSPS) is 58.4. The lowest BCUT2D eigenvalue weighted by Crippen LogP contribution is -2.54. The van der Waals surface area contributed by atoms with E-state index in [0.717, 1.165) is 65.1 Å². The molecule has 0 aromatic rings. The van der Waals surface area contributed by atoms with Crippen molar-refractivity contribution in [3.05, 3.63) is 0 Å². The molecule has 0 amide bonds. The van der Waals surface area contributed by atoms with Crippen LogP contribution in [0.1, 0.15) is 70.6 Å². The van der Waals surface area contributed by atoms with E-state index in [2.05, 4.69) is 9.24 Å². The molecule has 0 aromatic heterocycles. The minimum absolute atomic E-state index is 1.12. The molecule has 8 bridgehead atoms. The number of rotatable bonds is 4. The van der Waals surface area contributed by atoms with E-state index in [1.807, 2.05) is 0 Å². The summed E-state index contributed by atoms with van der Waals surface area (Å²) >= 11 is 0. The zero-order chi connectivity index (χ0) is 15.8. The minimum Gasteiger partial charge on any atom is -0.138 e. The Bertz CT molecular complexity index is 398. The van der Waals surface area contributed by atoms with Crippen LogP contribution in [0.3, 0.4) is 0 Å². The molecule has 8 aliphatic carbocycles. The van der Waals surface area contributed by atoms with Crippen molar-refractivity contribution in [3.63, 3.8) is 0 Å². The van der Waals surface area contributed by atoms with Gasteiger partial charge in [0.15, 0.2) is 0 Å². The Labute approximate surface area is 151 Å². The van der Waals surface area contributed by atoms with Crippen LogP contribution in [0.5, 0.6) is 0 Å². The van der Waals surface area contributed by atoms with Crippen LogP contribution in [-0.2, 0) is 0 Å². The number of hydrogen-bond donors (Lipinski definition) is 0. The fraction of sp³-hybridized carbons (Fsp3) is 1.00. The number of hydrogen-bond acceptors (Lipinski definition) is 0. The fourth-order valence-electron chi connectivity index (χ4n) is 10.2. The summed E-state index contributed by atoms with van der Waals surface area (Å²) in [5.41, 5.74) is 0. The average molecular weight is 345 g/mol. The molecule has 0 aliphatic heterocycles. The SMILES string of the molecule is PCCC(C1C2CC3CC(C2)CC1C3)C1C2CC3CC(C2)CC1C3. The van der Waals surface area contributed by atoms with Crippen LogP contribution in [0.4, 0.5) is 0 Å². The zero-order valence-electron chi connectivity index (χ0n) is 15.4. The van der Waals surface area contributed by atoms with Crippen molar-refractivity contribution in [1.82, 2.24) is 0 Å². The predicted molar refractivity (Wildman–Crippen MR) is 104 cm³/mol. The second kappa shape index (κ2) is 5.71. The van der Waals surface area contributed by atoms with Crippen molar-refractivity contribution in [3.8, 4) is 0 Å². The zero-order valence-corrected chi connectivity index (χ0v) is 16.6. The standard InChI is InChI=1S/C23H37P/c24-2-1-21(22-17-5-13-3-14(7-17)8-18(22)6-13)23-19-9-15-4-16(11-19)12-20(23)10-15/h13-23H,1-12,24H2. The predicted octanol–water partition coefficient (Wildman–Crippen LogP) is 6.01. The van der Waals surface area contributed by atoms with Crippen LogP contribution in [0.2, 0.25) is 0 Å². The third kappa shape index (κ3) is 2.27. The first-order valence-corrected chi connectivity index (χ1v) is 12.3. The molecule has 0 nitrogen and oxygen atoms in total. The van der Waals surface area contributed by atoms with Gasteiger partial charge in [0.05, 0.1) is 0 Å². The Morgan fingerprint density at radius 1 is 0.542 bits per heavy atom. The molecule has 1 heteroatoms. The van der Waals surface area contributed by atoms with E-state index in [9.17, 15) is 0 Å². The van der Waals surface area contributed by atoms with E-state index >= 15 is 0 Å². The highest BCUT2D eigenvalue weighted by atomic mass is 31.0. The lowest BCUT2D eigenvalue weighted by atomic mass is 9.43. The van der Waals surface area contributed by atoms with Gasteiger partial charge in [-0.3, -0.25) is 0 Å². The molecular weight excluding hydrogens is 307 g/mol. The quantitative estimate of drug-likeness (QED) is 0.548. The molecule has 8 aliphatic rings. The van der Waals surface area contributed by atoms with Gasteiger partial charge in [-0.1, -0.05) is 0 Å². The van der Waals surface area contributed by atoms with Gasteiger partial charge in [0.2, 0.25) is 0 Å². The molecule has 24 heavy (non-hydrogen) atoms. The largest absolute Gasteiger partial charge is 0.138 e. The van der Waals surface area contributed by atoms with E-state index in [0.29, 0.717) is 0 Å². The highest BCUT2D eigenvalue weighted by Gasteiger charge is 2.56. The van der Waals surface area contributed by atoms with Gasteiger partial charge >= 0.3 is 0 Å². The summed E-state index contributed by atoms with van der Waals surface area (Å²) in [5, 5.41) is 0. The van der Waals surface area contributed by atoms with Gasteiger partial charge in [0.25, 0.3) is 0 Å². The van der Waals surface area contributed by atoms with Crippen molar-refractivity contribution in [2.45, 2.75) is 70.6 Å². The van der Waals surface area contributed by atoms with E-state index in [4.69, 9.17) is 0 Å². The Morgan fingerprint density at radius 2 is 0.875 bits per heavy atom. The summed E-state index contributed by atoms with van der Waals surface area (Å²) in [7, 11) is 3.11. The Balaban J connectivity index is 1.31. The highest BCUT2D eigenvalue weighted by molar-refractivity contribution is 7.16. The van der Waals surface area contributed by atoms with Crippen LogP contribution >= 0.6 is 9.24 Å². The maximum absolute atomic E-state index is 3.11. The topological polar surface area (TPSA) is 0 Å². The lowest BCUT2D eigenvalue weighted by molar-refractivity contribution is -0.124. The van der Waals surface area contributed by atoms with Crippen LogP contribution in [0, 0.1) is 65.1 Å². The summed E-state index contributed by atoms with van der Waals surface area (Å²) in [6.45, 7) is 0. The van der Waals surface area contributed by atoms with Crippen molar-refractivity contribution in [2.75, 3.05) is 6.16 Å². The second-order valence-corrected chi connectivity index (χ2v) is 11.8. The van der Waals surface area contributed by atoms with Crippen molar-refractivity contribution < 1.29 is 0 Å². The van der Waals surface area contributed by atoms with Gasteiger partial charge in [-0.15, -0.1) is 9.24 Å². The molecule has 1 unspecified atom stereocenters. The van der Waals surface area contributed by atoms with Crippen molar-refractivity contribution >= 4 is 9.24 Å². The summed E-state index contributed by atoms with van der Waals surface area (Å²) in [5.74, 6) is 12.6. The lowest BCUT2D eigenvalue weighted by Gasteiger charge is -2.62. The molecule has 8 saturated carbocycles. The van der Waals surface area contributed by atoms with Crippen LogP contribution < -0.4 is 0 Å². The van der Waals surface area contributed by atoms with E-state index in [1.54, 1.807) is 70.6 Å². The molecule has 0 saturated heterocycles. The van der Waals surface area contributed by atoms with E-state index in [1.165, 1.54) is 6.16 Å². The first-order valence-electron chi connectivity index (χ1n) is 11.5. The van der Waals surface area contributed by atoms with Crippen molar-refractivity contribution in [1.29, 1.82) is 0 Å². The van der Waals surface area contributed by atoms with Crippen molar-refractivity contribution in [2.24, 2.45) is 65.1 Å². The Kier molecular flexibility index (Phi) is 3.68. The molecule has 134 valence electrons. The molecule has 0 heterocycles. The molecule has 0 spiro atoms. The third-order valence-electron chi connectivity index (χ3n) is 10.1. The van der Waals surface area contributed by atoms with E-state index in [-0.39, 0.29) is 0 Å². The first kappa shape index (κ1) is 15.5. The summed E-state index contributed by atoms with van der Waals surface area (Å²) < 4.78 is 0. The summed E-state index contributed by atoms with van der Waals surface area (Å²) in [6, 6.07) is 0. The maximum atomic E-state index is 3.11. The Morgan fingerprint density at radius 3 is 1.17 bits per heavy atom. The maximum Gasteiger partial charge on any atom is -0.0326 e. The molecule has 0 N–H and O–H groups in total. The van der Waals surface area contributed by atoms with Crippen LogP contribution in [0.25, 0.3) is 0 Å². The first-order chi connectivity index (χ1) is 11.8. The van der Waals surface area contributed by atoms with Gasteiger partial charge in [0.1, 0.15) is 0 Å². The Hall–Kier alpha value is 0.430. The van der Waals surface area contributed by atoms with Gasteiger partial charge in [-0.25, -0.2) is 0 Å². The monoisotopic (exact) mass is 344 g/mol. The van der Waals surface area contributed by atoms with E-state index < -0.39 is 0 Å². The molecule has 1 atom stereocenters. The minimum atomic E-state index is 1.12. The van der Waals surface area contributed by atoms with Gasteiger partial charge in [-0.2, -0.15) is 0 Å². The molecule has 0 radical (unpaired) electrons. The summed E-state index contributed by atoms with van der Waals surface area (Å²) in [6.07, 6.45) is 19.2. The molecule has 8 rings (SSSR count). The van der Waals surface area contributed by atoms with Crippen LogP contribution in [-0.4, -0.2) is 6.16 Å². The highest BCUT2D eigenvalue weighted by Crippen LogP contribution is 2.65. The molecular formula is C23H37P. The summed E-state index contributed by atoms with van der Waals surface area (Å²) in [4.78, 5) is 0.